The zero-order valence-corrected chi connectivity index (χ0v) is 22.1. The number of aliphatic imine (C=N–C) groups is 1. The number of piperidine rings is 1. The zero-order valence-electron chi connectivity index (χ0n) is 19.8. The summed E-state index contributed by atoms with van der Waals surface area (Å²) >= 11 is 0. The quantitative estimate of drug-likeness (QED) is 0.251. The summed E-state index contributed by atoms with van der Waals surface area (Å²) in [5.41, 5.74) is 2.70. The van der Waals surface area contributed by atoms with Crippen LogP contribution in [0.15, 0.2) is 78.0 Å². The number of nitrogens with zero attached hydrogens (tertiary/aromatic N) is 4. The Kier molecular flexibility index (Phi) is 8.61. The van der Waals surface area contributed by atoms with E-state index in [4.69, 9.17) is 0 Å². The normalized spacial score (nSPS) is 22.3. The number of imidazole rings is 1. The molecule has 0 aliphatic carbocycles. The summed E-state index contributed by atoms with van der Waals surface area (Å²) in [6, 6.07) is 23.2. The third-order valence-electron chi connectivity index (χ3n) is 7.07. The van der Waals surface area contributed by atoms with Gasteiger partial charge >= 0.3 is 0 Å². The fraction of sp³-hybridized carbons (Fsp3) is 0.407. The average Bonchev–Trinajstić information content (AvgIpc) is 3.38. The molecule has 5 rings (SSSR count). The van der Waals surface area contributed by atoms with E-state index in [1.54, 1.807) is 0 Å². The summed E-state index contributed by atoms with van der Waals surface area (Å²) in [5, 5.41) is 7.19. The van der Waals surface area contributed by atoms with E-state index in [0.717, 1.165) is 24.9 Å². The minimum absolute atomic E-state index is 0. The fourth-order valence-corrected chi connectivity index (χ4v) is 5.43. The number of nitrogens with one attached hydrogen (secondary N) is 2. The standard InChI is InChI=1S/C27H34N6.HI/c1-28-27(30-18-26-29-14-15-32(26)19-21-8-4-2-5-9-21)31-23-16-24-12-13-25(17-23)33(24)20-22-10-6-3-7-11-22;/h2-11,14-15,23-25H,12-13,16-20H2,1H3,(H2,28,30,31);1H. The van der Waals surface area contributed by atoms with Crippen molar-refractivity contribution in [1.82, 2.24) is 25.1 Å². The smallest absolute Gasteiger partial charge is 0.191 e. The van der Waals surface area contributed by atoms with E-state index in [0.29, 0.717) is 24.7 Å². The number of hydrogen-bond donors (Lipinski definition) is 2. The van der Waals surface area contributed by atoms with Crippen LogP contribution in [0.2, 0.25) is 0 Å². The van der Waals surface area contributed by atoms with Gasteiger partial charge in [0.1, 0.15) is 5.82 Å². The van der Waals surface area contributed by atoms with Crippen molar-refractivity contribution in [3.63, 3.8) is 0 Å². The maximum atomic E-state index is 4.56. The van der Waals surface area contributed by atoms with Gasteiger partial charge in [-0.05, 0) is 36.8 Å². The molecule has 3 heterocycles. The summed E-state index contributed by atoms with van der Waals surface area (Å²) < 4.78 is 2.19. The number of halogens is 1. The molecular weight excluding hydrogens is 535 g/mol. The van der Waals surface area contributed by atoms with Gasteiger partial charge in [-0.3, -0.25) is 9.89 Å². The molecule has 1 aromatic heterocycles. The van der Waals surface area contributed by atoms with Gasteiger partial charge in [0, 0.05) is 50.7 Å². The summed E-state index contributed by atoms with van der Waals surface area (Å²) in [6.45, 7) is 2.55. The van der Waals surface area contributed by atoms with Crippen LogP contribution in [-0.4, -0.2) is 45.6 Å². The molecule has 3 aromatic rings. The molecule has 2 aromatic carbocycles. The third-order valence-corrected chi connectivity index (χ3v) is 7.07. The molecule has 0 spiro atoms. The Balaban J connectivity index is 0.00000274. The number of guanidine groups is 1. The summed E-state index contributed by atoms with van der Waals surface area (Å²) in [7, 11) is 1.85. The molecule has 0 saturated carbocycles. The third kappa shape index (κ3) is 5.99. The molecule has 34 heavy (non-hydrogen) atoms. The molecule has 2 aliphatic heterocycles. The van der Waals surface area contributed by atoms with Crippen LogP contribution in [0.25, 0.3) is 0 Å². The highest BCUT2D eigenvalue weighted by atomic mass is 127. The van der Waals surface area contributed by atoms with Crippen LogP contribution in [0.5, 0.6) is 0 Å². The van der Waals surface area contributed by atoms with E-state index in [1.165, 1.54) is 36.8 Å². The van der Waals surface area contributed by atoms with Gasteiger partial charge in [0.25, 0.3) is 0 Å². The molecule has 0 radical (unpaired) electrons. The first-order valence-corrected chi connectivity index (χ1v) is 12.1. The first-order chi connectivity index (χ1) is 16.3. The van der Waals surface area contributed by atoms with Crippen LogP contribution in [0.4, 0.5) is 0 Å². The lowest BCUT2D eigenvalue weighted by atomic mass is 9.96. The molecule has 6 nitrogen and oxygen atoms in total. The lowest BCUT2D eigenvalue weighted by molar-refractivity contribution is 0.114. The van der Waals surface area contributed by atoms with Crippen molar-refractivity contribution in [1.29, 1.82) is 0 Å². The number of fused-ring (bicyclic) bond motifs is 2. The maximum absolute atomic E-state index is 4.56. The highest BCUT2D eigenvalue weighted by Gasteiger charge is 2.40. The summed E-state index contributed by atoms with van der Waals surface area (Å²) in [4.78, 5) is 11.8. The van der Waals surface area contributed by atoms with Gasteiger partial charge in [-0.1, -0.05) is 60.7 Å². The predicted octanol–water partition coefficient (Wildman–Crippen LogP) is 4.41. The first-order valence-electron chi connectivity index (χ1n) is 12.1. The molecule has 2 atom stereocenters. The summed E-state index contributed by atoms with van der Waals surface area (Å²) in [5.74, 6) is 1.88. The minimum atomic E-state index is 0. The number of benzene rings is 2. The summed E-state index contributed by atoms with van der Waals surface area (Å²) in [6.07, 6.45) is 8.87. The Morgan fingerprint density at radius 3 is 2.18 bits per heavy atom. The Bertz CT molecular complexity index is 1040. The highest BCUT2D eigenvalue weighted by molar-refractivity contribution is 14.0. The van der Waals surface area contributed by atoms with E-state index in [2.05, 4.69) is 84.7 Å². The monoisotopic (exact) mass is 570 g/mol. The van der Waals surface area contributed by atoms with Crippen molar-refractivity contribution < 1.29 is 0 Å². The topological polar surface area (TPSA) is 57.5 Å². The van der Waals surface area contributed by atoms with Crippen molar-refractivity contribution in [3.8, 4) is 0 Å². The Hall–Kier alpha value is -2.39. The first kappa shape index (κ1) is 24.7. The molecule has 7 heteroatoms. The molecule has 0 amide bonds. The van der Waals surface area contributed by atoms with Gasteiger partial charge in [-0.25, -0.2) is 4.98 Å². The van der Waals surface area contributed by atoms with Crippen LogP contribution < -0.4 is 10.6 Å². The second-order valence-corrected chi connectivity index (χ2v) is 9.24. The maximum Gasteiger partial charge on any atom is 0.191 e. The minimum Gasteiger partial charge on any atom is -0.354 e. The van der Waals surface area contributed by atoms with Crippen molar-refractivity contribution in [2.24, 2.45) is 4.99 Å². The van der Waals surface area contributed by atoms with Gasteiger partial charge in [0.15, 0.2) is 5.96 Å². The lowest BCUT2D eigenvalue weighted by Crippen LogP contribution is -2.52. The zero-order chi connectivity index (χ0) is 22.5. The van der Waals surface area contributed by atoms with Crippen molar-refractivity contribution in [2.75, 3.05) is 7.05 Å². The molecule has 180 valence electrons. The Labute approximate surface area is 219 Å². The number of aromatic nitrogens is 2. The van der Waals surface area contributed by atoms with Crippen LogP contribution in [-0.2, 0) is 19.6 Å². The Morgan fingerprint density at radius 1 is 0.941 bits per heavy atom. The van der Waals surface area contributed by atoms with Crippen LogP contribution in [0.1, 0.15) is 42.6 Å². The molecule has 2 N–H and O–H groups in total. The molecule has 2 fully saturated rings. The van der Waals surface area contributed by atoms with E-state index in [-0.39, 0.29) is 24.0 Å². The van der Waals surface area contributed by atoms with Crippen LogP contribution >= 0.6 is 24.0 Å². The predicted molar refractivity (Wildman–Crippen MR) is 148 cm³/mol. The Morgan fingerprint density at radius 2 is 1.56 bits per heavy atom. The second kappa shape index (κ2) is 11.8. The second-order valence-electron chi connectivity index (χ2n) is 9.24. The van der Waals surface area contributed by atoms with Gasteiger partial charge < -0.3 is 15.2 Å². The van der Waals surface area contributed by atoms with Gasteiger partial charge in [-0.15, -0.1) is 24.0 Å². The van der Waals surface area contributed by atoms with Gasteiger partial charge in [0.2, 0.25) is 0 Å². The van der Waals surface area contributed by atoms with E-state index < -0.39 is 0 Å². The van der Waals surface area contributed by atoms with Crippen molar-refractivity contribution >= 4 is 29.9 Å². The van der Waals surface area contributed by atoms with E-state index >= 15 is 0 Å². The van der Waals surface area contributed by atoms with Crippen LogP contribution in [0.3, 0.4) is 0 Å². The van der Waals surface area contributed by atoms with E-state index in [9.17, 15) is 0 Å². The van der Waals surface area contributed by atoms with E-state index in [1.807, 2.05) is 25.5 Å². The molecule has 2 saturated heterocycles. The van der Waals surface area contributed by atoms with Gasteiger partial charge in [0.05, 0.1) is 6.54 Å². The molecule has 2 unspecified atom stereocenters. The molecule has 2 aliphatic rings. The lowest BCUT2D eigenvalue weighted by Gasteiger charge is -2.39. The fourth-order valence-electron chi connectivity index (χ4n) is 5.43. The van der Waals surface area contributed by atoms with Crippen LogP contribution in [0, 0.1) is 0 Å². The largest absolute Gasteiger partial charge is 0.354 e. The van der Waals surface area contributed by atoms with Gasteiger partial charge in [-0.2, -0.15) is 0 Å². The highest BCUT2D eigenvalue weighted by Crippen LogP contribution is 2.36. The SMILES string of the molecule is CN=C(NCc1nccn1Cc1ccccc1)NC1CC2CCC(C1)N2Cc1ccccc1.I. The average molecular weight is 571 g/mol. The number of hydrogen-bond acceptors (Lipinski definition) is 3. The number of rotatable bonds is 7. The van der Waals surface area contributed by atoms with Crippen molar-refractivity contribution in [2.45, 2.75) is 63.4 Å². The molecule has 2 bridgehead atoms. The van der Waals surface area contributed by atoms with Crippen molar-refractivity contribution in [3.05, 3.63) is 90.0 Å². The molecular formula is C27H35IN6.